The maximum absolute atomic E-state index is 12.0. The molecule has 1 aliphatic rings. The van der Waals surface area contributed by atoms with Gasteiger partial charge in [-0.2, -0.15) is 0 Å². The van der Waals surface area contributed by atoms with Gasteiger partial charge in [-0.3, -0.25) is 9.59 Å². The van der Waals surface area contributed by atoms with Crippen molar-refractivity contribution < 1.29 is 9.59 Å². The second-order valence-electron chi connectivity index (χ2n) is 6.04. The van der Waals surface area contributed by atoms with Crippen molar-refractivity contribution >= 4 is 11.8 Å². The van der Waals surface area contributed by atoms with Gasteiger partial charge in [0.2, 0.25) is 11.8 Å². The average Bonchev–Trinajstić information content (AvgIpc) is 2.95. The lowest BCUT2D eigenvalue weighted by molar-refractivity contribution is -0.131. The van der Waals surface area contributed by atoms with Gasteiger partial charge >= 0.3 is 0 Å². The minimum atomic E-state index is -0.382. The Morgan fingerprint density at radius 2 is 1.57 bits per heavy atom. The molecule has 0 aliphatic carbocycles. The Kier molecular flexibility index (Phi) is 9.06. The quantitative estimate of drug-likeness (QED) is 0.506. The van der Waals surface area contributed by atoms with E-state index in [-0.39, 0.29) is 23.7 Å². The molecule has 122 valence electrons. The van der Waals surface area contributed by atoms with Gasteiger partial charge in [0, 0.05) is 19.6 Å². The summed E-state index contributed by atoms with van der Waals surface area (Å²) in [6.07, 6.45) is 10.0. The second-order valence-corrected chi connectivity index (χ2v) is 6.04. The molecule has 1 fully saturated rings. The van der Waals surface area contributed by atoms with Crippen LogP contribution in [0.25, 0.3) is 0 Å². The van der Waals surface area contributed by atoms with E-state index in [1.54, 1.807) is 0 Å². The summed E-state index contributed by atoms with van der Waals surface area (Å²) in [7, 11) is 0. The second kappa shape index (κ2) is 10.6. The van der Waals surface area contributed by atoms with Crippen LogP contribution in [0.4, 0.5) is 0 Å². The predicted molar refractivity (Wildman–Crippen MR) is 84.7 cm³/mol. The van der Waals surface area contributed by atoms with Gasteiger partial charge in [-0.1, -0.05) is 51.9 Å². The smallest absolute Gasteiger partial charge is 0.225 e. The fraction of sp³-hybridized carbons (Fsp3) is 0.875. The lowest BCUT2D eigenvalue weighted by atomic mass is 9.94. The summed E-state index contributed by atoms with van der Waals surface area (Å²) in [4.78, 5) is 23.3. The van der Waals surface area contributed by atoms with Crippen LogP contribution in [-0.2, 0) is 9.59 Å². The molecular formula is C16H31N3O2. The van der Waals surface area contributed by atoms with Gasteiger partial charge in [0.25, 0.3) is 0 Å². The number of amides is 2. The number of nitrogens with two attached hydrogens (primary N) is 1. The number of unbranched alkanes of at least 4 members (excludes halogenated alkanes) is 7. The van der Waals surface area contributed by atoms with Crippen molar-refractivity contribution in [3.05, 3.63) is 0 Å². The standard InChI is InChI=1S/C16H31N3O2/c1-2-3-4-5-6-7-8-9-10-19-16(21)14-12-18-11-13(14)15(17)20/h13-14,18H,2-12H2,1H3,(H2,17,20)(H,19,21). The molecule has 1 rings (SSSR count). The maximum atomic E-state index is 12.0. The summed E-state index contributed by atoms with van der Waals surface area (Å²) >= 11 is 0. The van der Waals surface area contributed by atoms with Gasteiger partial charge in [0.1, 0.15) is 0 Å². The van der Waals surface area contributed by atoms with Crippen LogP contribution in [-0.4, -0.2) is 31.4 Å². The van der Waals surface area contributed by atoms with E-state index in [0.29, 0.717) is 19.6 Å². The van der Waals surface area contributed by atoms with Crippen LogP contribution >= 0.6 is 0 Å². The van der Waals surface area contributed by atoms with E-state index in [0.717, 1.165) is 12.8 Å². The van der Waals surface area contributed by atoms with Crippen LogP contribution in [0.5, 0.6) is 0 Å². The highest BCUT2D eigenvalue weighted by Crippen LogP contribution is 2.16. The SMILES string of the molecule is CCCCCCCCCCNC(=O)C1CNCC1C(N)=O. The van der Waals surface area contributed by atoms with Crippen molar-refractivity contribution in [2.24, 2.45) is 17.6 Å². The van der Waals surface area contributed by atoms with Gasteiger partial charge in [-0.25, -0.2) is 0 Å². The fourth-order valence-corrected chi connectivity index (χ4v) is 2.85. The van der Waals surface area contributed by atoms with E-state index < -0.39 is 0 Å². The Hall–Kier alpha value is -1.10. The molecule has 2 unspecified atom stereocenters. The molecule has 0 spiro atoms. The molecule has 21 heavy (non-hydrogen) atoms. The third kappa shape index (κ3) is 6.93. The summed E-state index contributed by atoms with van der Waals surface area (Å²) in [5.74, 6) is -1.07. The molecule has 1 heterocycles. The van der Waals surface area contributed by atoms with Crippen molar-refractivity contribution in [2.75, 3.05) is 19.6 Å². The van der Waals surface area contributed by atoms with Crippen LogP contribution in [0.3, 0.4) is 0 Å². The molecule has 1 saturated heterocycles. The van der Waals surface area contributed by atoms with Crippen LogP contribution in [0.15, 0.2) is 0 Å². The topological polar surface area (TPSA) is 84.2 Å². The number of carbonyl (C=O) groups is 2. The molecule has 1 aliphatic heterocycles. The van der Waals surface area contributed by atoms with Gasteiger partial charge in [-0.15, -0.1) is 0 Å². The van der Waals surface area contributed by atoms with Crippen molar-refractivity contribution in [1.29, 1.82) is 0 Å². The van der Waals surface area contributed by atoms with Gasteiger partial charge in [0.05, 0.1) is 11.8 Å². The first-order valence-electron chi connectivity index (χ1n) is 8.44. The molecule has 2 amide bonds. The number of hydrogen-bond donors (Lipinski definition) is 3. The number of hydrogen-bond acceptors (Lipinski definition) is 3. The van der Waals surface area contributed by atoms with Crippen LogP contribution in [0.1, 0.15) is 58.3 Å². The zero-order valence-electron chi connectivity index (χ0n) is 13.3. The average molecular weight is 297 g/mol. The summed E-state index contributed by atoms with van der Waals surface area (Å²) in [6.45, 7) is 4.00. The van der Waals surface area contributed by atoms with Gasteiger partial charge in [-0.05, 0) is 6.42 Å². The number of carbonyl (C=O) groups excluding carboxylic acids is 2. The third-order valence-electron chi connectivity index (χ3n) is 4.25. The molecule has 0 saturated carbocycles. The van der Waals surface area contributed by atoms with Crippen LogP contribution in [0, 0.1) is 11.8 Å². The largest absolute Gasteiger partial charge is 0.369 e. The van der Waals surface area contributed by atoms with E-state index in [1.165, 1.54) is 38.5 Å². The lowest BCUT2D eigenvalue weighted by Crippen LogP contribution is -2.39. The van der Waals surface area contributed by atoms with E-state index in [2.05, 4.69) is 17.6 Å². The molecule has 0 aromatic carbocycles. The van der Waals surface area contributed by atoms with Crippen molar-refractivity contribution in [3.8, 4) is 0 Å². The molecule has 0 bridgehead atoms. The third-order valence-corrected chi connectivity index (χ3v) is 4.25. The Morgan fingerprint density at radius 3 is 2.19 bits per heavy atom. The molecule has 5 heteroatoms. The zero-order chi connectivity index (χ0) is 15.5. The van der Waals surface area contributed by atoms with Crippen molar-refractivity contribution in [3.63, 3.8) is 0 Å². The van der Waals surface area contributed by atoms with E-state index in [1.807, 2.05) is 0 Å². The van der Waals surface area contributed by atoms with Crippen molar-refractivity contribution in [1.82, 2.24) is 10.6 Å². The van der Waals surface area contributed by atoms with Crippen LogP contribution < -0.4 is 16.4 Å². The highest BCUT2D eigenvalue weighted by molar-refractivity contribution is 5.87. The zero-order valence-corrected chi connectivity index (χ0v) is 13.3. The predicted octanol–water partition coefficient (Wildman–Crippen LogP) is 1.56. The minimum absolute atomic E-state index is 0.0354. The number of primary amides is 1. The maximum Gasteiger partial charge on any atom is 0.225 e. The number of rotatable bonds is 11. The highest BCUT2D eigenvalue weighted by atomic mass is 16.2. The fourth-order valence-electron chi connectivity index (χ4n) is 2.85. The Balaban J connectivity index is 2.02. The Morgan fingerprint density at radius 1 is 1.00 bits per heavy atom. The Bertz CT molecular complexity index is 321. The van der Waals surface area contributed by atoms with Gasteiger partial charge < -0.3 is 16.4 Å². The molecule has 2 atom stereocenters. The van der Waals surface area contributed by atoms with Crippen molar-refractivity contribution in [2.45, 2.75) is 58.3 Å². The molecule has 0 aromatic rings. The summed E-state index contributed by atoms with van der Waals surface area (Å²) < 4.78 is 0. The first-order valence-corrected chi connectivity index (χ1v) is 8.44. The molecular weight excluding hydrogens is 266 g/mol. The minimum Gasteiger partial charge on any atom is -0.369 e. The molecule has 0 aromatic heterocycles. The Labute approximate surface area is 128 Å². The normalized spacial score (nSPS) is 21.4. The van der Waals surface area contributed by atoms with E-state index in [9.17, 15) is 9.59 Å². The first-order chi connectivity index (χ1) is 10.2. The molecule has 4 N–H and O–H groups in total. The molecule has 0 radical (unpaired) electrons. The van der Waals surface area contributed by atoms with Gasteiger partial charge in [0.15, 0.2) is 0 Å². The summed E-state index contributed by atoms with van der Waals surface area (Å²) in [5, 5.41) is 5.99. The molecule has 5 nitrogen and oxygen atoms in total. The summed E-state index contributed by atoms with van der Waals surface area (Å²) in [5.41, 5.74) is 5.31. The highest BCUT2D eigenvalue weighted by Gasteiger charge is 2.36. The monoisotopic (exact) mass is 297 g/mol. The lowest BCUT2D eigenvalue weighted by Gasteiger charge is -2.15. The number of nitrogens with one attached hydrogen (secondary N) is 2. The first kappa shape index (κ1) is 18.0. The van der Waals surface area contributed by atoms with Crippen LogP contribution in [0.2, 0.25) is 0 Å². The summed E-state index contributed by atoms with van der Waals surface area (Å²) in [6, 6.07) is 0. The van der Waals surface area contributed by atoms with E-state index in [4.69, 9.17) is 5.73 Å². The van der Waals surface area contributed by atoms with E-state index >= 15 is 0 Å².